The van der Waals surface area contributed by atoms with Crippen molar-refractivity contribution in [1.82, 2.24) is 9.80 Å². The Bertz CT molecular complexity index is 340. The lowest BCUT2D eigenvalue weighted by atomic mass is 10.3. The second-order valence-electron chi connectivity index (χ2n) is 3.72. The largest absolute Gasteiger partial charge is 0.397 e. The first kappa shape index (κ1) is 19.4. The number of likely N-dealkylation sites (N-methyl/N-ethyl adjacent to an activating group) is 1. The Kier molecular flexibility index (Phi) is 10.8. The van der Waals surface area contributed by atoms with Crippen LogP contribution in [-0.2, 0) is 19.4 Å². The molecule has 108 valence electrons. The molecule has 0 aliphatic carbocycles. The summed E-state index contributed by atoms with van der Waals surface area (Å²) in [6.45, 7) is 5.23. The van der Waals surface area contributed by atoms with Gasteiger partial charge >= 0.3 is 10.4 Å². The van der Waals surface area contributed by atoms with Crippen LogP contribution >= 0.6 is 0 Å². The molecular weight excluding hydrogens is 260 g/mol. The van der Waals surface area contributed by atoms with Crippen LogP contribution in [0.15, 0.2) is 12.7 Å². The highest BCUT2D eigenvalue weighted by Crippen LogP contribution is 1.90. The van der Waals surface area contributed by atoms with Crippen LogP contribution in [0, 0.1) is 0 Å². The van der Waals surface area contributed by atoms with Crippen molar-refractivity contribution in [3.05, 3.63) is 12.7 Å². The van der Waals surface area contributed by atoms with E-state index in [0.29, 0.717) is 0 Å². The van der Waals surface area contributed by atoms with Crippen LogP contribution in [0.2, 0.25) is 0 Å². The lowest BCUT2D eigenvalue weighted by Crippen LogP contribution is -2.28. The summed E-state index contributed by atoms with van der Waals surface area (Å²) in [6.07, 6.45) is 2.35. The maximum absolute atomic E-state index is 11.0. The quantitative estimate of drug-likeness (QED) is 0.546. The van der Waals surface area contributed by atoms with E-state index in [4.69, 9.17) is 4.55 Å². The summed E-state index contributed by atoms with van der Waals surface area (Å²) in [4.78, 5) is 14.8. The third-order valence-electron chi connectivity index (χ3n) is 1.86. The van der Waals surface area contributed by atoms with Gasteiger partial charge in [0, 0.05) is 13.6 Å². The SMILES string of the molecule is C=CC(=O)N(C)CCCN(C)C.COS(=O)(=O)O. The minimum absolute atomic E-state index is 0.00578. The molecule has 1 N–H and O–H groups in total. The fraction of sp³-hybridized carbons (Fsp3) is 0.700. The lowest BCUT2D eigenvalue weighted by Gasteiger charge is -2.16. The highest BCUT2D eigenvalue weighted by molar-refractivity contribution is 7.80. The van der Waals surface area contributed by atoms with E-state index < -0.39 is 10.4 Å². The second kappa shape index (κ2) is 10.0. The average Bonchev–Trinajstić information content (AvgIpc) is 2.27. The van der Waals surface area contributed by atoms with E-state index in [0.717, 1.165) is 26.6 Å². The number of hydrogen-bond donors (Lipinski definition) is 1. The summed E-state index contributed by atoms with van der Waals surface area (Å²) < 4.78 is 29.7. The van der Waals surface area contributed by atoms with Gasteiger partial charge in [-0.2, -0.15) is 8.42 Å². The molecule has 0 rings (SSSR count). The van der Waals surface area contributed by atoms with E-state index >= 15 is 0 Å². The number of amides is 1. The van der Waals surface area contributed by atoms with E-state index in [2.05, 4.69) is 15.7 Å². The second-order valence-corrected chi connectivity index (χ2v) is 4.90. The van der Waals surface area contributed by atoms with E-state index in [-0.39, 0.29) is 5.91 Å². The average molecular weight is 282 g/mol. The predicted molar refractivity (Wildman–Crippen MR) is 69.6 cm³/mol. The van der Waals surface area contributed by atoms with Gasteiger partial charge in [0.2, 0.25) is 5.91 Å². The summed E-state index contributed by atoms with van der Waals surface area (Å²) in [7, 11) is 2.55. The van der Waals surface area contributed by atoms with Crippen molar-refractivity contribution in [3.63, 3.8) is 0 Å². The van der Waals surface area contributed by atoms with Crippen molar-refractivity contribution in [3.8, 4) is 0 Å². The molecule has 0 aromatic rings. The summed E-state index contributed by atoms with van der Waals surface area (Å²) in [5.74, 6) is -0.00578. The van der Waals surface area contributed by atoms with Gasteiger partial charge in [0.1, 0.15) is 0 Å². The zero-order valence-electron chi connectivity index (χ0n) is 11.3. The Labute approximate surface area is 109 Å². The molecule has 0 spiro atoms. The molecule has 8 heteroatoms. The first-order chi connectivity index (χ1) is 8.14. The van der Waals surface area contributed by atoms with Crippen molar-refractivity contribution in [2.75, 3.05) is 41.3 Å². The summed E-state index contributed by atoms with van der Waals surface area (Å²) in [5, 5.41) is 0. The number of carbonyl (C=O) groups excluding carboxylic acids is 1. The van der Waals surface area contributed by atoms with Crippen LogP contribution in [0.3, 0.4) is 0 Å². The molecule has 1 amide bonds. The highest BCUT2D eigenvalue weighted by Gasteiger charge is 2.02. The topological polar surface area (TPSA) is 87.2 Å². The third-order valence-corrected chi connectivity index (χ3v) is 2.28. The molecule has 7 nitrogen and oxygen atoms in total. The Morgan fingerprint density at radius 1 is 1.33 bits per heavy atom. The Morgan fingerprint density at radius 2 is 1.78 bits per heavy atom. The fourth-order valence-electron chi connectivity index (χ4n) is 0.890. The molecular formula is C10H22N2O5S. The van der Waals surface area contributed by atoms with Gasteiger partial charge in [-0.3, -0.25) is 13.5 Å². The van der Waals surface area contributed by atoms with Gasteiger partial charge in [0.05, 0.1) is 7.11 Å². The molecule has 0 aromatic carbocycles. The minimum Gasteiger partial charge on any atom is -0.342 e. The molecule has 0 fully saturated rings. The molecule has 0 aliphatic rings. The molecule has 0 aromatic heterocycles. The molecule has 0 unspecified atom stereocenters. The summed E-state index contributed by atoms with van der Waals surface area (Å²) in [5.41, 5.74) is 0. The van der Waals surface area contributed by atoms with Crippen LogP contribution in [-0.4, -0.2) is 70.0 Å². The van der Waals surface area contributed by atoms with Crippen molar-refractivity contribution in [2.24, 2.45) is 0 Å². The predicted octanol–water partition coefficient (Wildman–Crippen LogP) is 0.0181. The molecule has 0 bridgehead atoms. The third kappa shape index (κ3) is 15.0. The number of rotatable bonds is 6. The molecule has 0 atom stereocenters. The maximum atomic E-state index is 11.0. The van der Waals surface area contributed by atoms with Crippen LogP contribution < -0.4 is 0 Å². The maximum Gasteiger partial charge on any atom is 0.397 e. The Balaban J connectivity index is 0. The van der Waals surface area contributed by atoms with Gasteiger partial charge in [-0.15, -0.1) is 0 Å². The van der Waals surface area contributed by atoms with Crippen molar-refractivity contribution < 1.29 is 21.9 Å². The van der Waals surface area contributed by atoms with Crippen LogP contribution in [0.4, 0.5) is 0 Å². The molecule has 18 heavy (non-hydrogen) atoms. The van der Waals surface area contributed by atoms with E-state index in [9.17, 15) is 13.2 Å². The number of hydrogen-bond acceptors (Lipinski definition) is 5. The fourth-order valence-corrected chi connectivity index (χ4v) is 0.890. The van der Waals surface area contributed by atoms with Gasteiger partial charge in [-0.25, -0.2) is 0 Å². The van der Waals surface area contributed by atoms with E-state index in [1.165, 1.54) is 6.08 Å². The van der Waals surface area contributed by atoms with Gasteiger partial charge in [-0.1, -0.05) is 6.58 Å². The van der Waals surface area contributed by atoms with Gasteiger partial charge in [-0.05, 0) is 33.1 Å². The van der Waals surface area contributed by atoms with Crippen molar-refractivity contribution in [1.29, 1.82) is 0 Å². The van der Waals surface area contributed by atoms with Crippen LogP contribution in [0.5, 0.6) is 0 Å². The zero-order chi connectivity index (χ0) is 14.8. The van der Waals surface area contributed by atoms with Crippen molar-refractivity contribution >= 4 is 16.3 Å². The zero-order valence-corrected chi connectivity index (χ0v) is 12.1. The molecule has 0 aliphatic heterocycles. The standard InChI is InChI=1S/C9H18N2O.CH4O4S/c1-5-9(12)11(4)8-6-7-10(2)3;1-5-6(2,3)4/h5H,1,6-8H2,2-4H3;1H3,(H,2,3,4). The Morgan fingerprint density at radius 3 is 2.06 bits per heavy atom. The van der Waals surface area contributed by atoms with E-state index in [1.54, 1.807) is 11.9 Å². The molecule has 0 saturated heterocycles. The first-order valence-corrected chi connectivity index (χ1v) is 6.55. The Hall–Kier alpha value is -0.960. The molecule has 0 radical (unpaired) electrons. The summed E-state index contributed by atoms with van der Waals surface area (Å²) >= 11 is 0. The minimum atomic E-state index is -4.16. The van der Waals surface area contributed by atoms with Crippen molar-refractivity contribution in [2.45, 2.75) is 6.42 Å². The number of carbonyl (C=O) groups is 1. The monoisotopic (exact) mass is 282 g/mol. The normalized spacial score (nSPS) is 10.6. The van der Waals surface area contributed by atoms with Crippen LogP contribution in [0.25, 0.3) is 0 Å². The molecule has 0 saturated carbocycles. The van der Waals surface area contributed by atoms with Gasteiger partial charge < -0.3 is 9.80 Å². The lowest BCUT2D eigenvalue weighted by molar-refractivity contribution is -0.124. The van der Waals surface area contributed by atoms with Crippen LogP contribution in [0.1, 0.15) is 6.42 Å². The van der Waals surface area contributed by atoms with Gasteiger partial charge in [0.25, 0.3) is 0 Å². The highest BCUT2D eigenvalue weighted by atomic mass is 32.3. The smallest absolute Gasteiger partial charge is 0.342 e. The van der Waals surface area contributed by atoms with Gasteiger partial charge in [0.15, 0.2) is 0 Å². The first-order valence-electron chi connectivity index (χ1n) is 5.19. The van der Waals surface area contributed by atoms with E-state index in [1.807, 2.05) is 14.1 Å². The molecule has 0 heterocycles. The summed E-state index contributed by atoms with van der Waals surface area (Å²) in [6, 6.07) is 0. The number of nitrogens with zero attached hydrogens (tertiary/aromatic N) is 2.